The second kappa shape index (κ2) is 9.32. The summed E-state index contributed by atoms with van der Waals surface area (Å²) >= 11 is 0. The van der Waals surface area contributed by atoms with Crippen LogP contribution in [-0.2, 0) is 29.1 Å². The number of rotatable bonds is 6. The van der Waals surface area contributed by atoms with Crippen molar-refractivity contribution in [3.05, 3.63) is 0 Å². The molecule has 0 aromatic carbocycles. The molecule has 2 heterocycles. The van der Waals surface area contributed by atoms with E-state index in [1.807, 2.05) is 0 Å². The number of carbonyl (C=O) groups excluding carboxylic acids is 2. The number of carboxylic acid groups (broad SMARTS) is 1. The SMILES string of the molecule is NCCONC(=O)[C@@H]1CC[C@@H]2CN1C(=O)N2OS(=O)(=O)O.O=C(O)C(F)(F)F. The Morgan fingerprint density at radius 3 is 2.36 bits per heavy atom. The molecule has 13 nitrogen and oxygen atoms in total. The minimum absolute atomic E-state index is 0.128. The number of nitrogens with two attached hydrogens (primary N) is 1. The normalized spacial score (nSPS) is 21.8. The van der Waals surface area contributed by atoms with E-state index >= 15 is 0 Å². The summed E-state index contributed by atoms with van der Waals surface area (Å²) in [7, 11) is -4.80. The molecule has 3 amide bonds. The average molecular weight is 438 g/mol. The summed E-state index contributed by atoms with van der Waals surface area (Å²) < 4.78 is 66.1. The van der Waals surface area contributed by atoms with Gasteiger partial charge >= 0.3 is 28.6 Å². The smallest absolute Gasteiger partial charge is 0.475 e. The number of alkyl halides is 3. The first kappa shape index (κ1) is 23.8. The first-order valence-corrected chi connectivity index (χ1v) is 8.83. The zero-order valence-corrected chi connectivity index (χ0v) is 14.8. The summed E-state index contributed by atoms with van der Waals surface area (Å²) in [6, 6.07) is -2.12. The van der Waals surface area contributed by atoms with Gasteiger partial charge in [0.1, 0.15) is 6.04 Å². The van der Waals surface area contributed by atoms with Crippen molar-refractivity contribution < 1.29 is 54.8 Å². The number of hydroxylamine groups is 3. The highest BCUT2D eigenvalue weighted by Gasteiger charge is 2.49. The Hall–Kier alpha value is -2.21. The third-order valence-corrected chi connectivity index (χ3v) is 3.78. The summed E-state index contributed by atoms with van der Waals surface area (Å²) in [5, 5.41) is 7.70. The molecule has 0 aromatic heterocycles. The third kappa shape index (κ3) is 6.75. The van der Waals surface area contributed by atoms with Crippen LogP contribution in [0.4, 0.5) is 18.0 Å². The molecular formula is C11H17F3N4O9S. The van der Waals surface area contributed by atoms with Gasteiger partial charge in [-0.3, -0.25) is 14.2 Å². The molecule has 17 heteroatoms. The Balaban J connectivity index is 0.000000480. The van der Waals surface area contributed by atoms with Crippen molar-refractivity contribution in [3.63, 3.8) is 0 Å². The Morgan fingerprint density at radius 1 is 1.32 bits per heavy atom. The molecule has 2 aliphatic heterocycles. The van der Waals surface area contributed by atoms with Crippen LogP contribution in [0.3, 0.4) is 0 Å². The van der Waals surface area contributed by atoms with Gasteiger partial charge in [0.05, 0.1) is 12.6 Å². The van der Waals surface area contributed by atoms with E-state index in [1.165, 1.54) is 4.90 Å². The van der Waals surface area contributed by atoms with E-state index in [-0.39, 0.29) is 19.7 Å². The lowest BCUT2D eigenvalue weighted by Crippen LogP contribution is -2.49. The summed E-state index contributed by atoms with van der Waals surface area (Å²) in [5.74, 6) is -3.28. The van der Waals surface area contributed by atoms with Gasteiger partial charge in [0.15, 0.2) is 0 Å². The first-order chi connectivity index (χ1) is 12.8. The molecule has 28 heavy (non-hydrogen) atoms. The average Bonchev–Trinajstić information content (AvgIpc) is 2.78. The lowest BCUT2D eigenvalue weighted by atomic mass is 10.0. The number of nitrogens with zero attached hydrogens (tertiary/aromatic N) is 2. The zero-order valence-electron chi connectivity index (χ0n) is 14.0. The maximum Gasteiger partial charge on any atom is 0.490 e. The fraction of sp³-hybridized carbons (Fsp3) is 0.727. The fourth-order valence-electron chi connectivity index (χ4n) is 2.35. The predicted molar refractivity (Wildman–Crippen MR) is 80.2 cm³/mol. The molecule has 2 fully saturated rings. The van der Waals surface area contributed by atoms with Gasteiger partial charge in [-0.15, -0.1) is 4.28 Å². The highest BCUT2D eigenvalue weighted by molar-refractivity contribution is 7.80. The van der Waals surface area contributed by atoms with Crippen LogP contribution in [0.15, 0.2) is 0 Å². The van der Waals surface area contributed by atoms with E-state index in [1.54, 1.807) is 0 Å². The van der Waals surface area contributed by atoms with Gasteiger partial charge in [-0.25, -0.2) is 15.1 Å². The molecule has 5 N–H and O–H groups in total. The van der Waals surface area contributed by atoms with E-state index in [4.69, 9.17) is 25.0 Å². The Kier molecular flexibility index (Phi) is 7.94. The fourth-order valence-corrected chi connectivity index (χ4v) is 2.74. The molecule has 0 saturated carbocycles. The molecule has 162 valence electrons. The summed E-state index contributed by atoms with van der Waals surface area (Å²) in [5.41, 5.74) is 7.39. The van der Waals surface area contributed by atoms with Crippen LogP contribution in [0.5, 0.6) is 0 Å². The monoisotopic (exact) mass is 438 g/mol. The molecule has 0 unspecified atom stereocenters. The summed E-state index contributed by atoms with van der Waals surface area (Å²) in [6.45, 7) is 0.488. The van der Waals surface area contributed by atoms with Crippen LogP contribution in [0, 0.1) is 0 Å². The van der Waals surface area contributed by atoms with Gasteiger partial charge in [-0.05, 0) is 12.8 Å². The first-order valence-electron chi connectivity index (χ1n) is 7.46. The van der Waals surface area contributed by atoms with Crippen molar-refractivity contribution in [2.75, 3.05) is 19.7 Å². The molecule has 2 saturated heterocycles. The van der Waals surface area contributed by atoms with E-state index in [2.05, 4.69) is 9.76 Å². The van der Waals surface area contributed by atoms with Gasteiger partial charge in [0.2, 0.25) is 0 Å². The standard InChI is InChI=1S/C9H16N4O7S.C2HF3O2/c10-3-4-19-11-8(14)7-2-1-6-5-12(7)9(15)13(6)20-21(16,17)18;3-2(4,5)1(6)7/h6-7H,1-5,10H2,(H,11,14)(H,16,17,18);(H,6,7)/t6-,7+;/m1./s1. The number of piperidine rings is 1. The van der Waals surface area contributed by atoms with Crippen molar-refractivity contribution in [2.45, 2.75) is 31.1 Å². The molecule has 0 spiro atoms. The van der Waals surface area contributed by atoms with E-state index < -0.39 is 46.6 Å². The van der Waals surface area contributed by atoms with Gasteiger partial charge in [0.25, 0.3) is 5.91 Å². The van der Waals surface area contributed by atoms with Crippen LogP contribution in [0.1, 0.15) is 12.8 Å². The van der Waals surface area contributed by atoms with Crippen LogP contribution < -0.4 is 11.2 Å². The molecule has 2 atom stereocenters. The Morgan fingerprint density at radius 2 is 1.89 bits per heavy atom. The van der Waals surface area contributed by atoms with Crippen LogP contribution in [0.2, 0.25) is 0 Å². The molecule has 2 aliphatic rings. The molecule has 0 radical (unpaired) electrons. The Labute approximate surface area is 156 Å². The predicted octanol–water partition coefficient (Wildman–Crippen LogP) is -1.37. The molecule has 0 aromatic rings. The minimum atomic E-state index is -5.08. The minimum Gasteiger partial charge on any atom is -0.475 e. The van der Waals surface area contributed by atoms with E-state index in [0.29, 0.717) is 17.9 Å². The number of hydrogen-bond acceptors (Lipinski definition) is 8. The van der Waals surface area contributed by atoms with Crippen LogP contribution in [0.25, 0.3) is 0 Å². The number of hydrogen-bond donors (Lipinski definition) is 4. The van der Waals surface area contributed by atoms with Gasteiger partial charge < -0.3 is 15.7 Å². The largest absolute Gasteiger partial charge is 0.490 e. The van der Waals surface area contributed by atoms with E-state index in [0.717, 1.165) is 0 Å². The molecule has 2 bridgehead atoms. The number of urea groups is 1. The summed E-state index contributed by atoms with van der Waals surface area (Å²) in [6.07, 6.45) is -4.41. The second-order valence-electron chi connectivity index (χ2n) is 5.42. The molecular weight excluding hydrogens is 421 g/mol. The topological polar surface area (TPSA) is 189 Å². The van der Waals surface area contributed by atoms with Crippen LogP contribution in [-0.4, -0.2) is 83.9 Å². The van der Waals surface area contributed by atoms with Crippen molar-refractivity contribution >= 4 is 28.3 Å². The van der Waals surface area contributed by atoms with Gasteiger partial charge in [-0.2, -0.15) is 26.7 Å². The quantitative estimate of drug-likeness (QED) is 0.219. The number of carboxylic acids is 1. The number of fused-ring (bicyclic) bond motifs is 2. The highest BCUT2D eigenvalue weighted by Crippen LogP contribution is 2.30. The zero-order chi connectivity index (χ0) is 21.7. The Bertz CT molecular complexity index is 702. The number of halogens is 3. The molecule has 2 rings (SSSR count). The summed E-state index contributed by atoms with van der Waals surface area (Å²) in [4.78, 5) is 38.8. The second-order valence-corrected chi connectivity index (χ2v) is 6.42. The maximum absolute atomic E-state index is 12.0. The number of amides is 3. The number of nitrogens with one attached hydrogen (secondary N) is 1. The van der Waals surface area contributed by atoms with Crippen molar-refractivity contribution in [1.29, 1.82) is 0 Å². The lowest BCUT2D eigenvalue weighted by Gasteiger charge is -2.28. The van der Waals surface area contributed by atoms with Gasteiger partial charge in [-0.1, -0.05) is 0 Å². The highest BCUT2D eigenvalue weighted by atomic mass is 32.3. The number of aliphatic carboxylic acids is 1. The van der Waals surface area contributed by atoms with Gasteiger partial charge in [0, 0.05) is 13.1 Å². The van der Waals surface area contributed by atoms with E-state index in [9.17, 15) is 31.2 Å². The van der Waals surface area contributed by atoms with Crippen molar-refractivity contribution in [2.24, 2.45) is 5.73 Å². The van der Waals surface area contributed by atoms with Crippen molar-refractivity contribution in [1.82, 2.24) is 15.4 Å². The third-order valence-electron chi connectivity index (χ3n) is 3.44. The maximum atomic E-state index is 12.0. The van der Waals surface area contributed by atoms with Crippen LogP contribution >= 0.6 is 0 Å². The lowest BCUT2D eigenvalue weighted by molar-refractivity contribution is -0.192. The van der Waals surface area contributed by atoms with Crippen molar-refractivity contribution in [3.8, 4) is 0 Å². The molecule has 0 aliphatic carbocycles. The number of carbonyl (C=O) groups is 3.